The Kier molecular flexibility index (Phi) is 18.4. The van der Waals surface area contributed by atoms with Crippen LogP contribution in [0.2, 0.25) is 0 Å². The molecule has 4 amide bonds. The maximum absolute atomic E-state index is 15.0. The second kappa shape index (κ2) is 27.6. The zero-order chi connectivity index (χ0) is 75.0. The van der Waals surface area contributed by atoms with Gasteiger partial charge >= 0.3 is 0 Å². The number of ether oxygens (including phenoxy) is 2. The number of benzene rings is 2. The number of imidazole rings is 2. The van der Waals surface area contributed by atoms with E-state index in [-0.39, 0.29) is 71.0 Å². The second-order valence-corrected chi connectivity index (χ2v) is 35.0. The molecule has 0 unspecified atom stereocenters. The van der Waals surface area contributed by atoms with E-state index in [0.29, 0.717) is 111 Å². The number of anilines is 6. The Labute approximate surface area is 630 Å². The molecule has 8 fully saturated rings. The van der Waals surface area contributed by atoms with Crippen molar-refractivity contribution in [3.63, 3.8) is 0 Å². The van der Waals surface area contributed by atoms with Crippen LogP contribution in [0.4, 0.5) is 43.2 Å². The van der Waals surface area contributed by atoms with Gasteiger partial charge in [0.25, 0.3) is 11.8 Å². The van der Waals surface area contributed by atoms with Crippen molar-refractivity contribution < 1.29 is 37.4 Å². The zero-order valence-electron chi connectivity index (χ0n) is 64.0. The lowest BCUT2D eigenvalue weighted by molar-refractivity contribution is -0.145. The molecule has 568 valence electrons. The highest BCUT2D eigenvalue weighted by molar-refractivity contribution is 6.11. The fraction of sp³-hybridized carbons (Fsp3) is 0.548. The number of amides is 4. The number of carbonyl (C=O) groups is 4. The Balaban J connectivity index is 0.000000158. The summed E-state index contributed by atoms with van der Waals surface area (Å²) in [7, 11) is 0. The molecule has 2 saturated carbocycles. The van der Waals surface area contributed by atoms with Gasteiger partial charge in [-0.2, -0.15) is 0 Å². The van der Waals surface area contributed by atoms with E-state index in [1.807, 2.05) is 31.1 Å². The molecule has 10 aliphatic rings. The summed E-state index contributed by atoms with van der Waals surface area (Å²) >= 11 is 0. The average molecular weight is 1470 g/mol. The molecule has 24 heteroatoms. The van der Waals surface area contributed by atoms with E-state index in [4.69, 9.17) is 29.4 Å². The first-order valence-electron chi connectivity index (χ1n) is 39.6. The van der Waals surface area contributed by atoms with Crippen molar-refractivity contribution in [3.05, 3.63) is 121 Å². The van der Waals surface area contributed by atoms with Crippen LogP contribution in [0.1, 0.15) is 169 Å². The van der Waals surface area contributed by atoms with Crippen molar-refractivity contribution in [2.24, 2.45) is 22.7 Å². The monoisotopic (exact) mass is 1470 g/mol. The molecular formula is C84H102F2N16O6. The molecular weight excluding hydrogens is 1370 g/mol. The first-order chi connectivity index (χ1) is 51.8. The molecule has 6 saturated heterocycles. The maximum Gasteiger partial charge on any atom is 0.251 e. The van der Waals surface area contributed by atoms with Crippen molar-refractivity contribution in [2.75, 3.05) is 86.0 Å². The number of hydrogen-bond donors (Lipinski definition) is 2. The normalized spacial score (nSPS) is 26.2. The largest absolute Gasteiger partial charge is 0.368 e. The number of carbonyl (C=O) groups excluding carboxylic acids is 4. The molecule has 2 spiro atoms. The molecule has 22 nitrogen and oxygen atoms in total. The summed E-state index contributed by atoms with van der Waals surface area (Å²) in [6, 6.07) is 21.1. The van der Waals surface area contributed by atoms with Gasteiger partial charge in [0.05, 0.1) is 69.7 Å². The van der Waals surface area contributed by atoms with Crippen LogP contribution in [0.3, 0.4) is 0 Å². The smallest absolute Gasteiger partial charge is 0.251 e. The summed E-state index contributed by atoms with van der Waals surface area (Å²) in [5, 5.41) is 6.47. The summed E-state index contributed by atoms with van der Waals surface area (Å²) < 4.78 is 45.5. The van der Waals surface area contributed by atoms with E-state index in [1.165, 1.54) is 25.2 Å². The first-order valence-corrected chi connectivity index (χ1v) is 39.6. The highest BCUT2D eigenvalue weighted by Gasteiger charge is 2.59. The van der Waals surface area contributed by atoms with Crippen LogP contribution in [0.15, 0.2) is 98.1 Å². The minimum Gasteiger partial charge on any atom is -0.368 e. The van der Waals surface area contributed by atoms with Crippen molar-refractivity contribution in [2.45, 2.75) is 206 Å². The molecule has 8 aromatic rings. The van der Waals surface area contributed by atoms with E-state index < -0.39 is 34.7 Å². The molecule has 8 aliphatic heterocycles. The van der Waals surface area contributed by atoms with Gasteiger partial charge < -0.3 is 48.8 Å². The lowest BCUT2D eigenvalue weighted by Crippen LogP contribution is -2.58. The van der Waals surface area contributed by atoms with Gasteiger partial charge in [-0.05, 0) is 188 Å². The van der Waals surface area contributed by atoms with Gasteiger partial charge in [0.2, 0.25) is 11.8 Å². The summed E-state index contributed by atoms with van der Waals surface area (Å²) in [5.41, 5.74) is 9.93. The summed E-state index contributed by atoms with van der Waals surface area (Å²) in [5.74, 6) is 0.888. The molecule has 2 aliphatic carbocycles. The Bertz CT molecular complexity index is 4530. The third-order valence-corrected chi connectivity index (χ3v) is 26.1. The first kappa shape index (κ1) is 72.0. The van der Waals surface area contributed by atoms with E-state index in [2.05, 4.69) is 146 Å². The third-order valence-electron chi connectivity index (χ3n) is 26.1. The number of fused-ring (bicyclic) bond motifs is 6. The number of likely N-dealkylation sites (tertiary alicyclic amines) is 4. The average Bonchev–Trinajstić information content (AvgIpc) is 1.56. The maximum atomic E-state index is 15.0. The van der Waals surface area contributed by atoms with E-state index in [9.17, 15) is 28.0 Å². The minimum atomic E-state index is -0.688. The summed E-state index contributed by atoms with van der Waals surface area (Å²) in [6.45, 7) is 29.6. The predicted octanol–water partition coefficient (Wildman–Crippen LogP) is 13.7. The van der Waals surface area contributed by atoms with Crippen LogP contribution in [0, 0.1) is 34.3 Å². The Morgan fingerprint density at radius 3 is 1.27 bits per heavy atom. The summed E-state index contributed by atoms with van der Waals surface area (Å²) in [4.78, 5) is 97.8. The molecule has 6 aromatic heterocycles. The number of aromatic nitrogens is 8. The van der Waals surface area contributed by atoms with E-state index in [0.717, 1.165) is 120 Å². The van der Waals surface area contributed by atoms with Crippen molar-refractivity contribution >= 4 is 80.1 Å². The van der Waals surface area contributed by atoms with Gasteiger partial charge in [0, 0.05) is 124 Å². The summed E-state index contributed by atoms with van der Waals surface area (Å²) in [6.07, 6.45) is 18.6. The topological polar surface area (TPSA) is 217 Å². The number of nitrogens with zero attached hydrogens (tertiary/aromatic N) is 14. The van der Waals surface area contributed by atoms with Gasteiger partial charge in [-0.3, -0.25) is 38.9 Å². The second-order valence-electron chi connectivity index (χ2n) is 35.0. The van der Waals surface area contributed by atoms with Crippen molar-refractivity contribution in [1.82, 2.24) is 58.6 Å². The quantitative estimate of drug-likeness (QED) is 0.103. The Morgan fingerprint density at radius 1 is 0.528 bits per heavy atom. The van der Waals surface area contributed by atoms with Crippen LogP contribution < -0.4 is 20.4 Å². The molecule has 0 radical (unpaired) electrons. The molecule has 2 N–H and O–H groups in total. The number of rotatable bonds is 14. The molecule has 4 atom stereocenters. The molecule has 14 heterocycles. The number of piperidine rings is 2. The highest BCUT2D eigenvalue weighted by Crippen LogP contribution is 2.55. The van der Waals surface area contributed by atoms with Gasteiger partial charge in [-0.15, -0.1) is 0 Å². The highest BCUT2D eigenvalue weighted by atomic mass is 19.1. The molecule has 2 aromatic carbocycles. The SMILES string of the molecule is CC(C)n1cnc2cc(-c3ccc4c(c3)N(C3CC(N5CCC(C)(C)C5)C3)C(=O)C43CCN(C(=O)[C@@H]4OCC[C@@H]4C)CC3)nc(Nc3ccncc3F)c21.CC(C)n1cnc2cc(-c3ccc4c(c3)N(C3CC(N5CCC(C)(C)C5)C3)C(=O)C43CCN(C(=O)[C@H]4OCC[C@H]4C)CC3)nc(Nc3ccncc3F)c21. The molecule has 0 bridgehead atoms. The van der Waals surface area contributed by atoms with Crippen LogP contribution in [-0.4, -0.2) is 184 Å². The minimum absolute atomic E-state index is 0.0560. The number of hydrogen-bond acceptors (Lipinski definition) is 16. The predicted molar refractivity (Wildman–Crippen MR) is 412 cm³/mol. The van der Waals surface area contributed by atoms with Crippen LogP contribution in [0.5, 0.6) is 0 Å². The van der Waals surface area contributed by atoms with E-state index in [1.54, 1.807) is 37.2 Å². The van der Waals surface area contributed by atoms with Gasteiger partial charge in [0.1, 0.15) is 23.2 Å². The van der Waals surface area contributed by atoms with Crippen LogP contribution in [-0.2, 0) is 39.5 Å². The lowest BCUT2D eigenvalue weighted by atomic mass is 9.73. The number of pyridine rings is 4. The Morgan fingerprint density at radius 2 is 0.926 bits per heavy atom. The Hall–Kier alpha value is -8.84. The third kappa shape index (κ3) is 12.6. The van der Waals surface area contributed by atoms with Crippen LogP contribution in [0.25, 0.3) is 44.6 Å². The fourth-order valence-electron chi connectivity index (χ4n) is 19.4. The van der Waals surface area contributed by atoms with E-state index >= 15 is 0 Å². The fourth-order valence-corrected chi connectivity index (χ4v) is 19.4. The standard InChI is InChI=1S/2C42H51FN8O3/c2*1-25(2)50-24-45-34-21-33(47-38(36(34)50)46-32-8-13-44-22-31(32)43)27-6-7-30-35(18-27)51(29-19-28(20-29)49-14-10-41(4,5)23-49)40(53)42(30)11-15-48(16-12-42)39(52)37-26(3)9-17-54-37/h2*6-8,13,18,21-22,24-26,28-29,37H,9-12,14-17,19-20,23H2,1-5H3,(H,44,46,47)/t2*26-,28?,29?,37+/m10/s1. The number of nitrogens with one attached hydrogen (secondary N) is 2. The molecule has 108 heavy (non-hydrogen) atoms. The van der Waals surface area contributed by atoms with Gasteiger partial charge in [0.15, 0.2) is 23.3 Å². The van der Waals surface area contributed by atoms with Gasteiger partial charge in [-0.25, -0.2) is 28.7 Å². The lowest BCUT2D eigenvalue weighted by Gasteiger charge is -2.46. The van der Waals surface area contributed by atoms with Crippen molar-refractivity contribution in [3.8, 4) is 22.5 Å². The number of halogens is 2. The molecule has 18 rings (SSSR count). The zero-order valence-corrected chi connectivity index (χ0v) is 64.0. The van der Waals surface area contributed by atoms with Gasteiger partial charge in [-0.1, -0.05) is 65.8 Å². The van der Waals surface area contributed by atoms with Crippen molar-refractivity contribution in [1.29, 1.82) is 0 Å². The van der Waals surface area contributed by atoms with Crippen LogP contribution >= 0.6 is 0 Å².